The number of carbonyl (C=O) groups is 1. The number of nitrogens with one attached hydrogen (secondary N) is 1. The van der Waals surface area contributed by atoms with Gasteiger partial charge in [-0.1, -0.05) is 26.0 Å². The van der Waals surface area contributed by atoms with Crippen LogP contribution in [0.25, 0.3) is 11.0 Å². The topological polar surface area (TPSA) is 68.5 Å². The van der Waals surface area contributed by atoms with E-state index >= 15 is 0 Å². The molecule has 3 rings (SSSR count). The molecule has 1 aromatic heterocycles. The van der Waals surface area contributed by atoms with Gasteiger partial charge in [0.1, 0.15) is 17.1 Å². The van der Waals surface area contributed by atoms with Crippen LogP contribution in [0.1, 0.15) is 43.0 Å². The van der Waals surface area contributed by atoms with Crippen molar-refractivity contribution in [1.29, 1.82) is 0 Å². The number of fused-ring (bicyclic) bond motifs is 1. The van der Waals surface area contributed by atoms with Gasteiger partial charge < -0.3 is 14.5 Å². The summed E-state index contributed by atoms with van der Waals surface area (Å²) in [5.41, 5.74) is 2.15. The summed E-state index contributed by atoms with van der Waals surface area (Å²) in [6, 6.07) is 11.2. The molecule has 1 atom stereocenters. The van der Waals surface area contributed by atoms with Crippen LogP contribution in [0.4, 0.5) is 4.39 Å². The van der Waals surface area contributed by atoms with Crippen molar-refractivity contribution >= 4 is 16.9 Å². The number of rotatable bonds is 7. The molecule has 0 bridgehead atoms. The van der Waals surface area contributed by atoms with Gasteiger partial charge in [-0.25, -0.2) is 9.18 Å². The zero-order valence-corrected chi connectivity index (χ0v) is 17.6. The average molecular weight is 411 g/mol. The minimum absolute atomic E-state index is 0.127. The third kappa shape index (κ3) is 4.70. The Morgan fingerprint density at radius 3 is 2.50 bits per heavy atom. The maximum atomic E-state index is 13.2. The number of carbonyl (C=O) groups excluding carboxylic acids is 1. The van der Waals surface area contributed by atoms with Crippen LogP contribution in [-0.2, 0) is 11.2 Å². The zero-order chi connectivity index (χ0) is 21.8. The van der Waals surface area contributed by atoms with Crippen molar-refractivity contribution < 1.29 is 18.3 Å². The van der Waals surface area contributed by atoms with Crippen LogP contribution in [0, 0.1) is 18.7 Å². The highest BCUT2D eigenvalue weighted by Crippen LogP contribution is 2.25. The van der Waals surface area contributed by atoms with E-state index in [1.807, 2.05) is 32.9 Å². The Labute approximate surface area is 174 Å². The summed E-state index contributed by atoms with van der Waals surface area (Å²) in [7, 11) is 1.55. The molecular weight excluding hydrogens is 385 g/mol. The number of halogens is 1. The van der Waals surface area contributed by atoms with Gasteiger partial charge in [0.25, 0.3) is 0 Å². The van der Waals surface area contributed by atoms with Gasteiger partial charge in [0.2, 0.25) is 5.91 Å². The van der Waals surface area contributed by atoms with Crippen molar-refractivity contribution in [2.45, 2.75) is 39.7 Å². The lowest BCUT2D eigenvalue weighted by Crippen LogP contribution is -2.32. The van der Waals surface area contributed by atoms with Crippen LogP contribution in [-0.4, -0.2) is 13.0 Å². The second kappa shape index (κ2) is 9.11. The highest BCUT2D eigenvalue weighted by atomic mass is 19.1. The first-order valence-electron chi connectivity index (χ1n) is 9.95. The van der Waals surface area contributed by atoms with E-state index in [0.717, 1.165) is 16.5 Å². The van der Waals surface area contributed by atoms with Gasteiger partial charge in [-0.2, -0.15) is 0 Å². The first-order chi connectivity index (χ1) is 14.3. The molecule has 1 amide bonds. The molecule has 0 saturated heterocycles. The summed E-state index contributed by atoms with van der Waals surface area (Å²) in [4.78, 5) is 25.1. The Bertz CT molecular complexity index is 1100. The van der Waals surface area contributed by atoms with E-state index in [1.54, 1.807) is 25.3 Å². The molecule has 1 N–H and O–H groups in total. The van der Waals surface area contributed by atoms with Crippen molar-refractivity contribution in [3.8, 4) is 5.75 Å². The summed E-state index contributed by atoms with van der Waals surface area (Å²) in [6.07, 6.45) is 0.424. The van der Waals surface area contributed by atoms with Crippen molar-refractivity contribution in [2.24, 2.45) is 5.92 Å². The van der Waals surface area contributed by atoms with Gasteiger partial charge in [0.05, 0.1) is 13.2 Å². The van der Waals surface area contributed by atoms with E-state index in [2.05, 4.69) is 5.32 Å². The molecule has 0 aliphatic carbocycles. The molecule has 0 saturated carbocycles. The van der Waals surface area contributed by atoms with Gasteiger partial charge in [-0.3, -0.25) is 4.79 Å². The minimum atomic E-state index is -0.444. The number of hydrogen-bond acceptors (Lipinski definition) is 4. The summed E-state index contributed by atoms with van der Waals surface area (Å²) >= 11 is 0. The second-order valence-corrected chi connectivity index (χ2v) is 7.70. The van der Waals surface area contributed by atoms with Crippen molar-refractivity contribution in [1.82, 2.24) is 5.32 Å². The molecule has 0 spiro atoms. The Kier molecular flexibility index (Phi) is 6.55. The van der Waals surface area contributed by atoms with Crippen LogP contribution in [0.2, 0.25) is 0 Å². The summed E-state index contributed by atoms with van der Waals surface area (Å²) < 4.78 is 23.8. The van der Waals surface area contributed by atoms with E-state index in [0.29, 0.717) is 16.9 Å². The maximum absolute atomic E-state index is 13.2. The van der Waals surface area contributed by atoms with Crippen LogP contribution >= 0.6 is 0 Å². The van der Waals surface area contributed by atoms with Gasteiger partial charge in [-0.15, -0.1) is 0 Å². The summed E-state index contributed by atoms with van der Waals surface area (Å²) in [5, 5.41) is 3.82. The van der Waals surface area contributed by atoms with E-state index in [9.17, 15) is 14.0 Å². The number of methoxy groups -OCH3 is 1. The lowest BCUT2D eigenvalue weighted by Gasteiger charge is -2.23. The third-order valence-corrected chi connectivity index (χ3v) is 5.31. The van der Waals surface area contributed by atoms with E-state index in [4.69, 9.17) is 9.15 Å². The van der Waals surface area contributed by atoms with Crippen LogP contribution in [0.5, 0.6) is 5.75 Å². The largest absolute Gasteiger partial charge is 0.497 e. The lowest BCUT2D eigenvalue weighted by atomic mass is 9.95. The molecule has 0 radical (unpaired) electrons. The summed E-state index contributed by atoms with van der Waals surface area (Å²) in [5.74, 6) is 0.245. The zero-order valence-electron chi connectivity index (χ0n) is 17.6. The molecule has 0 aliphatic heterocycles. The average Bonchev–Trinajstić information content (AvgIpc) is 2.72. The van der Waals surface area contributed by atoms with Gasteiger partial charge in [-0.05, 0) is 54.7 Å². The fourth-order valence-corrected chi connectivity index (χ4v) is 3.58. The predicted molar refractivity (Wildman–Crippen MR) is 114 cm³/mol. The maximum Gasteiger partial charge on any atom is 0.339 e. The molecule has 30 heavy (non-hydrogen) atoms. The Hall–Kier alpha value is -3.15. The lowest BCUT2D eigenvalue weighted by molar-refractivity contribution is -0.122. The number of aryl methyl sites for hydroxylation is 1. The SMILES string of the molecule is COc1ccc2c(C)c(CCC(=O)NC(c3ccc(F)cc3)C(C)C)c(=O)oc2c1. The summed E-state index contributed by atoms with van der Waals surface area (Å²) in [6.45, 7) is 5.84. The fourth-order valence-electron chi connectivity index (χ4n) is 3.58. The van der Waals surface area contributed by atoms with Gasteiger partial charge in [0.15, 0.2) is 0 Å². The number of amides is 1. The van der Waals surface area contributed by atoms with Crippen LogP contribution < -0.4 is 15.7 Å². The predicted octanol–water partition coefficient (Wildman–Crippen LogP) is 4.70. The molecule has 3 aromatic rings. The third-order valence-electron chi connectivity index (χ3n) is 5.31. The van der Waals surface area contributed by atoms with Gasteiger partial charge in [0, 0.05) is 23.4 Å². The molecule has 5 nitrogen and oxygen atoms in total. The Morgan fingerprint density at radius 1 is 1.17 bits per heavy atom. The van der Waals surface area contributed by atoms with Gasteiger partial charge >= 0.3 is 5.63 Å². The monoisotopic (exact) mass is 411 g/mol. The Balaban J connectivity index is 1.75. The molecule has 1 unspecified atom stereocenters. The van der Waals surface area contributed by atoms with Crippen molar-refractivity contribution in [3.63, 3.8) is 0 Å². The highest BCUT2D eigenvalue weighted by Gasteiger charge is 2.19. The molecule has 1 heterocycles. The molecule has 6 heteroatoms. The van der Waals surface area contributed by atoms with E-state index < -0.39 is 5.63 Å². The molecule has 158 valence electrons. The van der Waals surface area contributed by atoms with Crippen molar-refractivity contribution in [2.75, 3.05) is 7.11 Å². The minimum Gasteiger partial charge on any atom is -0.497 e. The number of ether oxygens (including phenoxy) is 1. The van der Waals surface area contributed by atoms with E-state index in [-0.39, 0.29) is 36.5 Å². The highest BCUT2D eigenvalue weighted by molar-refractivity contribution is 5.83. The van der Waals surface area contributed by atoms with Crippen LogP contribution in [0.15, 0.2) is 51.7 Å². The Morgan fingerprint density at radius 2 is 1.87 bits per heavy atom. The molecule has 0 fully saturated rings. The fraction of sp³-hybridized carbons (Fsp3) is 0.333. The number of benzene rings is 2. The van der Waals surface area contributed by atoms with E-state index in [1.165, 1.54) is 12.1 Å². The molecular formula is C24H26FNO4. The number of hydrogen-bond donors (Lipinski definition) is 1. The smallest absolute Gasteiger partial charge is 0.339 e. The second-order valence-electron chi connectivity index (χ2n) is 7.70. The normalized spacial score (nSPS) is 12.2. The van der Waals surface area contributed by atoms with Crippen LogP contribution in [0.3, 0.4) is 0 Å². The van der Waals surface area contributed by atoms with Crippen molar-refractivity contribution in [3.05, 3.63) is 75.4 Å². The molecule has 0 aliphatic rings. The standard InChI is InChI=1S/C24H26FNO4/c1-14(2)23(16-5-7-17(25)8-6-16)26-22(27)12-11-20-15(3)19-10-9-18(29-4)13-21(19)30-24(20)28/h5-10,13-14,23H,11-12H2,1-4H3,(H,26,27). The first kappa shape index (κ1) is 21.6. The first-order valence-corrected chi connectivity index (χ1v) is 9.95. The molecule has 2 aromatic carbocycles. The quantitative estimate of drug-likeness (QED) is 0.573.